The molecule has 0 aromatic heterocycles. The molecule has 1 aliphatic rings. The number of amides is 1. The first-order valence-electron chi connectivity index (χ1n) is 7.51. The number of carbonyl (C=O) groups excluding carboxylic acids is 1. The lowest BCUT2D eigenvalue weighted by atomic mass is 10.1. The van der Waals surface area contributed by atoms with Crippen molar-refractivity contribution < 1.29 is 28.2 Å². The second kappa shape index (κ2) is 8.01. The Morgan fingerprint density at radius 1 is 1.35 bits per heavy atom. The van der Waals surface area contributed by atoms with E-state index in [4.69, 9.17) is 9.84 Å². The second-order valence-electron chi connectivity index (χ2n) is 5.53. The van der Waals surface area contributed by atoms with E-state index in [2.05, 4.69) is 0 Å². The van der Waals surface area contributed by atoms with Gasteiger partial charge in [0.2, 0.25) is 5.91 Å². The lowest BCUT2D eigenvalue weighted by Gasteiger charge is -2.25. The molecule has 5 nitrogen and oxygen atoms in total. The van der Waals surface area contributed by atoms with Crippen molar-refractivity contribution >= 4 is 11.9 Å². The van der Waals surface area contributed by atoms with Gasteiger partial charge in [0.15, 0.2) is 0 Å². The Balaban J connectivity index is 2.04. The van der Waals surface area contributed by atoms with Gasteiger partial charge in [-0.1, -0.05) is 0 Å². The highest BCUT2D eigenvalue weighted by Gasteiger charge is 2.23. The molecule has 0 unspecified atom stereocenters. The maximum atomic E-state index is 13.7. The van der Waals surface area contributed by atoms with Crippen molar-refractivity contribution in [1.82, 2.24) is 4.90 Å². The van der Waals surface area contributed by atoms with Crippen LogP contribution in [0, 0.1) is 11.6 Å². The van der Waals surface area contributed by atoms with Crippen LogP contribution in [0.5, 0.6) is 0 Å². The number of aliphatic carboxylic acids is 1. The Bertz CT molecular complexity index is 573. The quantitative estimate of drug-likeness (QED) is 0.832. The number of hydrogen-bond donors (Lipinski definition) is 1. The van der Waals surface area contributed by atoms with Crippen molar-refractivity contribution in [2.75, 3.05) is 19.7 Å². The molecule has 126 valence electrons. The van der Waals surface area contributed by atoms with Crippen LogP contribution < -0.4 is 0 Å². The number of carbonyl (C=O) groups is 2. The lowest BCUT2D eigenvalue weighted by molar-refractivity contribution is -0.139. The van der Waals surface area contributed by atoms with Gasteiger partial charge in [-0.05, 0) is 31.0 Å². The van der Waals surface area contributed by atoms with Gasteiger partial charge in [-0.15, -0.1) is 0 Å². The molecule has 2 rings (SSSR count). The first kappa shape index (κ1) is 17.3. The van der Waals surface area contributed by atoms with Gasteiger partial charge in [0.25, 0.3) is 0 Å². The van der Waals surface area contributed by atoms with E-state index < -0.39 is 23.5 Å². The van der Waals surface area contributed by atoms with Crippen LogP contribution in [0.1, 0.15) is 24.8 Å². The Kier molecular flexibility index (Phi) is 6.04. The number of ether oxygens (including phenoxy) is 1. The average molecular weight is 327 g/mol. The Morgan fingerprint density at radius 2 is 2.13 bits per heavy atom. The highest BCUT2D eigenvalue weighted by Crippen LogP contribution is 2.16. The van der Waals surface area contributed by atoms with Crippen LogP contribution in [0.15, 0.2) is 18.2 Å². The minimum absolute atomic E-state index is 0.0188. The second-order valence-corrected chi connectivity index (χ2v) is 5.53. The molecule has 1 aromatic carbocycles. The van der Waals surface area contributed by atoms with E-state index in [9.17, 15) is 18.4 Å². The van der Waals surface area contributed by atoms with Crippen LogP contribution in [0.3, 0.4) is 0 Å². The summed E-state index contributed by atoms with van der Waals surface area (Å²) in [7, 11) is 0. The number of carboxylic acid groups (broad SMARTS) is 1. The molecule has 1 aliphatic heterocycles. The van der Waals surface area contributed by atoms with Gasteiger partial charge in [0, 0.05) is 25.3 Å². The van der Waals surface area contributed by atoms with Gasteiger partial charge >= 0.3 is 5.97 Å². The van der Waals surface area contributed by atoms with E-state index >= 15 is 0 Å². The minimum atomic E-state index is -1.02. The molecule has 7 heteroatoms. The molecule has 1 aromatic rings. The number of rotatable bonds is 7. The number of carboxylic acids is 1. The minimum Gasteiger partial charge on any atom is -0.481 e. The summed E-state index contributed by atoms with van der Waals surface area (Å²) in [5.41, 5.74) is -0.0392. The molecule has 1 N–H and O–H groups in total. The summed E-state index contributed by atoms with van der Waals surface area (Å²) in [6, 6.07) is 2.94. The summed E-state index contributed by atoms with van der Waals surface area (Å²) in [5, 5.41) is 8.80. The predicted molar refractivity (Wildman–Crippen MR) is 77.9 cm³/mol. The molecule has 1 heterocycles. The zero-order valence-corrected chi connectivity index (χ0v) is 12.6. The molecule has 1 amide bonds. The Labute approximate surface area is 132 Å². The van der Waals surface area contributed by atoms with Gasteiger partial charge in [-0.25, -0.2) is 8.78 Å². The van der Waals surface area contributed by atoms with Crippen LogP contribution in [-0.2, 0) is 20.7 Å². The normalized spacial score (nSPS) is 17.2. The van der Waals surface area contributed by atoms with Crippen LogP contribution in [-0.4, -0.2) is 47.7 Å². The number of halogens is 2. The molecular formula is C16H19F2NO4. The summed E-state index contributed by atoms with van der Waals surface area (Å²) in [4.78, 5) is 24.5. The lowest BCUT2D eigenvalue weighted by Crippen LogP contribution is -2.39. The van der Waals surface area contributed by atoms with E-state index in [1.165, 1.54) is 4.90 Å². The molecule has 1 fully saturated rings. The largest absolute Gasteiger partial charge is 0.481 e. The summed E-state index contributed by atoms with van der Waals surface area (Å²) >= 11 is 0. The molecule has 0 aliphatic carbocycles. The molecule has 0 radical (unpaired) electrons. The topological polar surface area (TPSA) is 66.8 Å². The standard InChI is InChI=1S/C16H19F2NO4/c17-12-3-4-14(18)11(8-12)9-15(20)19(6-5-16(21)22)10-13-2-1-7-23-13/h3-4,8,13H,1-2,5-7,9-10H2,(H,21,22)/t13-/m1/s1. The number of benzene rings is 1. The zero-order valence-electron chi connectivity index (χ0n) is 12.6. The Hall–Kier alpha value is -2.02. The van der Waals surface area contributed by atoms with Crippen LogP contribution in [0.4, 0.5) is 8.78 Å². The maximum Gasteiger partial charge on any atom is 0.305 e. The fourth-order valence-corrected chi connectivity index (χ4v) is 2.54. The summed E-state index contributed by atoms with van der Waals surface area (Å²) < 4.78 is 32.3. The fraction of sp³-hybridized carbons (Fsp3) is 0.500. The van der Waals surface area contributed by atoms with Crippen molar-refractivity contribution in [3.05, 3.63) is 35.4 Å². The average Bonchev–Trinajstić information content (AvgIpc) is 3.00. The SMILES string of the molecule is O=C(O)CCN(C[C@H]1CCCO1)C(=O)Cc1cc(F)ccc1F. The Morgan fingerprint density at radius 3 is 2.78 bits per heavy atom. The third-order valence-corrected chi connectivity index (χ3v) is 3.75. The van der Waals surface area contributed by atoms with E-state index in [0.717, 1.165) is 31.0 Å². The summed E-state index contributed by atoms with van der Waals surface area (Å²) in [5.74, 6) is -2.74. The van der Waals surface area contributed by atoms with Crippen molar-refractivity contribution in [3.63, 3.8) is 0 Å². The van der Waals surface area contributed by atoms with Crippen LogP contribution in [0.25, 0.3) is 0 Å². The summed E-state index contributed by atoms with van der Waals surface area (Å²) in [6.45, 7) is 0.901. The molecule has 0 spiro atoms. The van der Waals surface area contributed by atoms with Crippen molar-refractivity contribution in [2.45, 2.75) is 31.8 Å². The van der Waals surface area contributed by atoms with Gasteiger partial charge in [-0.3, -0.25) is 9.59 Å². The highest BCUT2D eigenvalue weighted by atomic mass is 19.1. The monoisotopic (exact) mass is 327 g/mol. The fourth-order valence-electron chi connectivity index (χ4n) is 2.54. The number of nitrogens with zero attached hydrogens (tertiary/aromatic N) is 1. The third-order valence-electron chi connectivity index (χ3n) is 3.75. The van der Waals surface area contributed by atoms with Gasteiger partial charge < -0.3 is 14.7 Å². The smallest absolute Gasteiger partial charge is 0.305 e. The maximum absolute atomic E-state index is 13.7. The van der Waals surface area contributed by atoms with Crippen molar-refractivity contribution in [1.29, 1.82) is 0 Å². The van der Waals surface area contributed by atoms with Crippen molar-refractivity contribution in [2.24, 2.45) is 0 Å². The third kappa shape index (κ3) is 5.28. The van der Waals surface area contributed by atoms with Gasteiger partial charge in [-0.2, -0.15) is 0 Å². The van der Waals surface area contributed by atoms with Crippen LogP contribution in [0.2, 0.25) is 0 Å². The summed E-state index contributed by atoms with van der Waals surface area (Å²) in [6.07, 6.45) is 1.04. The predicted octanol–water partition coefficient (Wildman–Crippen LogP) is 1.99. The molecule has 0 saturated carbocycles. The first-order chi connectivity index (χ1) is 11.0. The van der Waals surface area contributed by atoms with Gasteiger partial charge in [0.1, 0.15) is 11.6 Å². The van der Waals surface area contributed by atoms with E-state index in [1.807, 2.05) is 0 Å². The molecule has 1 atom stereocenters. The van der Waals surface area contributed by atoms with Crippen molar-refractivity contribution in [3.8, 4) is 0 Å². The molecule has 23 heavy (non-hydrogen) atoms. The van der Waals surface area contributed by atoms with E-state index in [1.54, 1.807) is 0 Å². The molecule has 1 saturated heterocycles. The molecular weight excluding hydrogens is 308 g/mol. The highest BCUT2D eigenvalue weighted by molar-refractivity contribution is 5.79. The number of hydrogen-bond acceptors (Lipinski definition) is 3. The van der Waals surface area contributed by atoms with Gasteiger partial charge in [0.05, 0.1) is 18.9 Å². The molecule has 0 bridgehead atoms. The van der Waals surface area contributed by atoms with E-state index in [0.29, 0.717) is 6.61 Å². The van der Waals surface area contributed by atoms with Crippen LogP contribution >= 0.6 is 0 Å². The zero-order chi connectivity index (χ0) is 16.8. The first-order valence-corrected chi connectivity index (χ1v) is 7.51. The van der Waals surface area contributed by atoms with E-state index in [-0.39, 0.29) is 37.6 Å².